The monoisotopic (exact) mass is 549 g/mol. The molecule has 4 fully saturated rings. The quantitative estimate of drug-likeness (QED) is 0.199. The largest absolute Gasteiger partial charge is 0.465 e. The van der Waals surface area contributed by atoms with Gasteiger partial charge in [-0.25, -0.2) is 0 Å². The number of rotatable bonds is 14. The van der Waals surface area contributed by atoms with E-state index in [0.29, 0.717) is 58.5 Å². The summed E-state index contributed by atoms with van der Waals surface area (Å²) >= 11 is 1.66. The third-order valence-corrected chi connectivity index (χ3v) is 10.6. The zero-order valence-corrected chi connectivity index (χ0v) is 23.5. The van der Waals surface area contributed by atoms with Crippen LogP contribution in [0.25, 0.3) is 0 Å². The van der Waals surface area contributed by atoms with Gasteiger partial charge in [-0.2, -0.15) is 0 Å². The van der Waals surface area contributed by atoms with Gasteiger partial charge in [-0.05, 0) is 39.0 Å². The second kappa shape index (κ2) is 12.5. The van der Waals surface area contributed by atoms with Crippen LogP contribution >= 0.6 is 11.8 Å². The summed E-state index contributed by atoms with van der Waals surface area (Å²) in [6.07, 6.45) is 6.61. The maximum Gasteiger partial charge on any atom is 0.311 e. The number of hydrogen-bond acceptors (Lipinski definition) is 8. The lowest BCUT2D eigenvalue weighted by Gasteiger charge is -2.38. The minimum Gasteiger partial charge on any atom is -0.465 e. The Bertz CT molecular complexity index is 911. The summed E-state index contributed by atoms with van der Waals surface area (Å²) in [5.41, 5.74) is 0. The number of unbranched alkanes of at least 4 members (excludes halogenated alkanes) is 1. The smallest absolute Gasteiger partial charge is 0.311 e. The molecule has 0 radical (unpaired) electrons. The van der Waals surface area contributed by atoms with Crippen molar-refractivity contribution in [2.24, 2.45) is 11.8 Å². The molecule has 4 aliphatic heterocycles. The average Bonchev–Trinajstić information content (AvgIpc) is 3.48. The number of carbonyl (C=O) groups is 3. The Morgan fingerprint density at radius 2 is 1.97 bits per heavy atom. The third kappa shape index (κ3) is 5.42. The molecule has 0 aromatic rings. The van der Waals surface area contributed by atoms with Crippen molar-refractivity contribution >= 4 is 29.5 Å². The number of aliphatic hydroxyl groups is 1. The summed E-state index contributed by atoms with van der Waals surface area (Å²) in [7, 11) is 0. The number of amides is 2. The first-order chi connectivity index (χ1) is 18.3. The fraction of sp³-hybridized carbons (Fsp3) is 0.750. The van der Waals surface area contributed by atoms with Crippen LogP contribution in [0.5, 0.6) is 0 Å². The average molecular weight is 550 g/mol. The van der Waals surface area contributed by atoms with Gasteiger partial charge in [0.1, 0.15) is 6.04 Å². The molecule has 4 heterocycles. The number of hydrogen-bond donors (Lipinski definition) is 1. The molecule has 5 atom stereocenters. The summed E-state index contributed by atoms with van der Waals surface area (Å²) in [5.74, 6) is -1.72. The fourth-order valence-corrected chi connectivity index (χ4v) is 9.08. The van der Waals surface area contributed by atoms with E-state index in [1.807, 2.05) is 4.90 Å². The SMILES string of the molecule is C=CCCOC(=O)[C@H]1[C@H]2C(=O)N(CCCCO)C(C(=O)N(CC=C)CCN3CCOCC3)C23CC[C@]1(C)S3. The molecule has 0 aromatic heterocycles. The Labute approximate surface area is 230 Å². The lowest BCUT2D eigenvalue weighted by atomic mass is 9.66. The third-order valence-electron chi connectivity index (χ3n) is 8.59. The molecule has 0 aliphatic carbocycles. The normalized spacial score (nSPS) is 32.3. The molecule has 2 unspecified atom stereocenters. The van der Waals surface area contributed by atoms with E-state index in [9.17, 15) is 19.5 Å². The number of likely N-dealkylation sites (tertiary alicyclic amines) is 1. The van der Waals surface area contributed by atoms with Crippen LogP contribution < -0.4 is 0 Å². The minimum atomic E-state index is -0.664. The van der Waals surface area contributed by atoms with E-state index in [2.05, 4.69) is 25.0 Å². The van der Waals surface area contributed by atoms with Gasteiger partial charge in [-0.1, -0.05) is 12.2 Å². The van der Waals surface area contributed by atoms with Crippen molar-refractivity contribution in [3.8, 4) is 0 Å². The molecule has 2 bridgehead atoms. The van der Waals surface area contributed by atoms with Gasteiger partial charge in [0.25, 0.3) is 0 Å². The van der Waals surface area contributed by atoms with Crippen molar-refractivity contribution in [1.82, 2.24) is 14.7 Å². The second-order valence-corrected chi connectivity index (χ2v) is 12.9. The van der Waals surface area contributed by atoms with Crippen LogP contribution in [0, 0.1) is 11.8 Å². The molecule has 4 rings (SSSR count). The van der Waals surface area contributed by atoms with Crippen molar-refractivity contribution < 1.29 is 29.0 Å². The van der Waals surface area contributed by atoms with Gasteiger partial charge in [-0.15, -0.1) is 24.9 Å². The Morgan fingerprint density at radius 3 is 2.66 bits per heavy atom. The number of ether oxygens (including phenoxy) is 2. The van der Waals surface area contributed by atoms with Gasteiger partial charge >= 0.3 is 5.97 Å². The van der Waals surface area contributed by atoms with Crippen LogP contribution in [0.1, 0.15) is 39.0 Å². The Hall–Kier alpha value is -1.88. The number of morpholine rings is 1. The van der Waals surface area contributed by atoms with Crippen LogP contribution in [0.15, 0.2) is 25.3 Å². The lowest BCUT2D eigenvalue weighted by molar-refractivity contribution is -0.155. The fourth-order valence-electron chi connectivity index (χ4n) is 6.74. The molecule has 4 aliphatic rings. The summed E-state index contributed by atoms with van der Waals surface area (Å²) in [6, 6.07) is -0.652. The van der Waals surface area contributed by atoms with Crippen LogP contribution in [-0.2, 0) is 23.9 Å². The molecule has 4 saturated heterocycles. The second-order valence-electron chi connectivity index (χ2n) is 11.0. The number of aliphatic hydroxyl groups excluding tert-OH is 1. The van der Waals surface area contributed by atoms with E-state index in [4.69, 9.17) is 9.47 Å². The molecular formula is C28H43N3O6S. The number of esters is 1. The Kier molecular flexibility index (Phi) is 9.60. The van der Waals surface area contributed by atoms with Crippen LogP contribution in [0.3, 0.4) is 0 Å². The molecule has 2 amide bonds. The van der Waals surface area contributed by atoms with Crippen molar-refractivity contribution in [3.63, 3.8) is 0 Å². The van der Waals surface area contributed by atoms with Crippen molar-refractivity contribution in [3.05, 3.63) is 25.3 Å². The van der Waals surface area contributed by atoms with Gasteiger partial charge in [0.15, 0.2) is 0 Å². The van der Waals surface area contributed by atoms with Crippen LogP contribution in [0.2, 0.25) is 0 Å². The zero-order chi connectivity index (χ0) is 27.3. The van der Waals surface area contributed by atoms with E-state index >= 15 is 0 Å². The van der Waals surface area contributed by atoms with Gasteiger partial charge < -0.3 is 24.4 Å². The number of thioether (sulfide) groups is 1. The Balaban J connectivity index is 1.62. The van der Waals surface area contributed by atoms with Gasteiger partial charge in [0.05, 0.1) is 36.4 Å². The first kappa shape index (κ1) is 29.1. The molecule has 38 heavy (non-hydrogen) atoms. The van der Waals surface area contributed by atoms with E-state index in [-0.39, 0.29) is 31.0 Å². The summed E-state index contributed by atoms with van der Waals surface area (Å²) < 4.78 is 9.96. The predicted molar refractivity (Wildman–Crippen MR) is 147 cm³/mol. The van der Waals surface area contributed by atoms with E-state index < -0.39 is 27.4 Å². The van der Waals surface area contributed by atoms with Crippen molar-refractivity contribution in [2.45, 2.75) is 54.6 Å². The first-order valence-corrected chi connectivity index (χ1v) is 14.7. The standard InChI is InChI=1S/C28H43N3O6S/c1-4-6-18-37-26(35)22-21-24(33)31(12-7-8-17-32)23(28(21)10-9-27(22,3)38-28)25(34)30(11-5-2)14-13-29-15-19-36-20-16-29/h4-5,21-23,32H,1-2,6-20H2,3H3/t21-,22+,23?,27-,28?/m0/s1. The molecule has 0 aromatic carbocycles. The zero-order valence-electron chi connectivity index (χ0n) is 22.6. The molecule has 212 valence electrons. The van der Waals surface area contributed by atoms with Crippen molar-refractivity contribution in [2.75, 3.05) is 65.7 Å². The Morgan fingerprint density at radius 1 is 1.21 bits per heavy atom. The lowest BCUT2D eigenvalue weighted by Crippen LogP contribution is -2.56. The molecule has 1 N–H and O–H groups in total. The first-order valence-electron chi connectivity index (χ1n) is 13.9. The molecule has 1 spiro atoms. The molecule has 0 saturated carbocycles. The molecule has 10 heteroatoms. The summed E-state index contributed by atoms with van der Waals surface area (Å²) in [6.45, 7) is 15.0. The number of fused-ring (bicyclic) bond motifs is 1. The maximum absolute atomic E-state index is 14.4. The van der Waals surface area contributed by atoms with Crippen LogP contribution in [0.4, 0.5) is 0 Å². The summed E-state index contributed by atoms with van der Waals surface area (Å²) in [5, 5.41) is 9.37. The van der Waals surface area contributed by atoms with Gasteiger partial charge in [0, 0.05) is 50.6 Å². The molecule has 9 nitrogen and oxygen atoms in total. The maximum atomic E-state index is 14.4. The predicted octanol–water partition coefficient (Wildman–Crippen LogP) is 1.71. The minimum absolute atomic E-state index is 0.0302. The molecular weight excluding hydrogens is 506 g/mol. The van der Waals surface area contributed by atoms with E-state index in [1.165, 1.54) is 0 Å². The number of nitrogens with zero attached hydrogens (tertiary/aromatic N) is 3. The highest BCUT2D eigenvalue weighted by molar-refractivity contribution is 8.02. The topological polar surface area (TPSA) is 99.6 Å². The summed E-state index contributed by atoms with van der Waals surface area (Å²) in [4.78, 5) is 47.6. The highest BCUT2D eigenvalue weighted by Crippen LogP contribution is 2.71. The van der Waals surface area contributed by atoms with Crippen molar-refractivity contribution in [1.29, 1.82) is 0 Å². The highest BCUT2D eigenvalue weighted by atomic mass is 32.2. The van der Waals surface area contributed by atoms with E-state index in [0.717, 1.165) is 26.1 Å². The van der Waals surface area contributed by atoms with Gasteiger partial charge in [0.2, 0.25) is 11.8 Å². The van der Waals surface area contributed by atoms with Crippen LogP contribution in [-0.4, -0.2) is 119 Å². The highest BCUT2D eigenvalue weighted by Gasteiger charge is 2.77. The number of carbonyl (C=O) groups excluding carboxylic acids is 3. The van der Waals surface area contributed by atoms with E-state index in [1.54, 1.807) is 28.8 Å². The van der Waals surface area contributed by atoms with Gasteiger partial charge in [-0.3, -0.25) is 19.3 Å².